The van der Waals surface area contributed by atoms with Gasteiger partial charge in [0, 0.05) is 6.07 Å². The van der Waals surface area contributed by atoms with Crippen molar-refractivity contribution in [1.29, 1.82) is 0 Å². The first-order chi connectivity index (χ1) is 10.7. The van der Waals surface area contributed by atoms with Gasteiger partial charge < -0.3 is 14.5 Å². The fraction of sp³-hybridized carbons (Fsp3) is 0.125. The molecule has 0 saturated heterocycles. The van der Waals surface area contributed by atoms with Gasteiger partial charge in [0.25, 0.3) is 0 Å². The lowest BCUT2D eigenvalue weighted by Gasteiger charge is -2.05. The standard InChI is InChI=1S/C16H15N3O3/c1-21-16(20)19-15-17-13-8-7-12(9-14(13)18-15)22-10-11-5-3-2-4-6-11/h2-9H,10H2,1H3,(H2,17,18,19,20). The molecule has 3 aromatic rings. The summed E-state index contributed by atoms with van der Waals surface area (Å²) in [4.78, 5) is 18.4. The van der Waals surface area contributed by atoms with Crippen LogP contribution in [0.3, 0.4) is 0 Å². The first-order valence-electron chi connectivity index (χ1n) is 6.76. The molecule has 6 nitrogen and oxygen atoms in total. The first kappa shape index (κ1) is 13.9. The number of carbonyl (C=O) groups excluding carboxylic acids is 1. The van der Waals surface area contributed by atoms with Crippen LogP contribution in [0.15, 0.2) is 48.5 Å². The third kappa shape index (κ3) is 3.17. The maximum Gasteiger partial charge on any atom is 0.413 e. The van der Waals surface area contributed by atoms with Crippen molar-refractivity contribution in [3.05, 3.63) is 54.1 Å². The number of nitrogens with one attached hydrogen (secondary N) is 2. The average molecular weight is 297 g/mol. The molecule has 0 aliphatic rings. The Balaban J connectivity index is 1.73. The van der Waals surface area contributed by atoms with Crippen LogP contribution in [0.4, 0.5) is 10.7 Å². The smallest absolute Gasteiger partial charge is 0.413 e. The Morgan fingerprint density at radius 3 is 2.82 bits per heavy atom. The maximum absolute atomic E-state index is 11.2. The molecule has 0 atom stereocenters. The summed E-state index contributed by atoms with van der Waals surface area (Å²) in [5.41, 5.74) is 2.60. The maximum atomic E-state index is 11.2. The number of nitrogens with zero attached hydrogens (tertiary/aromatic N) is 1. The van der Waals surface area contributed by atoms with Crippen molar-refractivity contribution in [2.24, 2.45) is 0 Å². The predicted octanol–water partition coefficient (Wildman–Crippen LogP) is 3.32. The summed E-state index contributed by atoms with van der Waals surface area (Å²) in [6, 6.07) is 15.4. The fourth-order valence-electron chi connectivity index (χ4n) is 2.02. The Labute approximate surface area is 127 Å². The molecule has 0 saturated carbocycles. The number of benzene rings is 2. The minimum atomic E-state index is -0.570. The molecule has 6 heteroatoms. The molecule has 1 aromatic heterocycles. The molecule has 0 radical (unpaired) electrons. The molecule has 2 N–H and O–H groups in total. The van der Waals surface area contributed by atoms with Crippen molar-refractivity contribution in [2.75, 3.05) is 12.4 Å². The third-order valence-corrected chi connectivity index (χ3v) is 3.11. The van der Waals surface area contributed by atoms with Crippen LogP contribution < -0.4 is 10.1 Å². The van der Waals surface area contributed by atoms with E-state index in [1.165, 1.54) is 7.11 Å². The highest BCUT2D eigenvalue weighted by Gasteiger charge is 2.07. The minimum Gasteiger partial charge on any atom is -0.489 e. The van der Waals surface area contributed by atoms with E-state index in [0.717, 1.165) is 11.1 Å². The Hall–Kier alpha value is -3.02. The molecule has 0 fully saturated rings. The monoisotopic (exact) mass is 297 g/mol. The Kier molecular flexibility index (Phi) is 3.91. The zero-order chi connectivity index (χ0) is 15.4. The molecule has 0 bridgehead atoms. The van der Waals surface area contributed by atoms with Crippen LogP contribution in [-0.4, -0.2) is 23.2 Å². The lowest BCUT2D eigenvalue weighted by atomic mass is 10.2. The normalized spacial score (nSPS) is 10.4. The van der Waals surface area contributed by atoms with Crippen molar-refractivity contribution in [3.8, 4) is 5.75 Å². The van der Waals surface area contributed by atoms with Crippen LogP contribution in [0.1, 0.15) is 5.56 Å². The van der Waals surface area contributed by atoms with Crippen molar-refractivity contribution >= 4 is 23.1 Å². The first-order valence-corrected chi connectivity index (χ1v) is 6.76. The number of ether oxygens (including phenoxy) is 2. The molecule has 0 aliphatic carbocycles. The van der Waals surface area contributed by atoms with Crippen LogP contribution in [0.2, 0.25) is 0 Å². The molecular formula is C16H15N3O3. The number of aromatic amines is 1. The van der Waals surface area contributed by atoms with E-state index in [4.69, 9.17) is 4.74 Å². The lowest BCUT2D eigenvalue weighted by molar-refractivity contribution is 0.186. The molecule has 0 aliphatic heterocycles. The van der Waals surface area contributed by atoms with Crippen molar-refractivity contribution in [2.45, 2.75) is 6.61 Å². The molecule has 1 amide bonds. The number of H-pyrrole nitrogens is 1. The zero-order valence-electron chi connectivity index (χ0n) is 12.0. The summed E-state index contributed by atoms with van der Waals surface area (Å²) in [5, 5.41) is 2.49. The molecule has 22 heavy (non-hydrogen) atoms. The predicted molar refractivity (Wildman–Crippen MR) is 82.9 cm³/mol. The van der Waals surface area contributed by atoms with Crippen LogP contribution in [0.25, 0.3) is 11.0 Å². The van der Waals surface area contributed by atoms with E-state index < -0.39 is 6.09 Å². The van der Waals surface area contributed by atoms with Gasteiger partial charge in [0.15, 0.2) is 0 Å². The summed E-state index contributed by atoms with van der Waals surface area (Å²) in [6.45, 7) is 0.490. The van der Waals surface area contributed by atoms with E-state index in [1.54, 1.807) is 0 Å². The SMILES string of the molecule is COC(=O)Nc1nc2cc(OCc3ccccc3)ccc2[nH]1. The summed E-state index contributed by atoms with van der Waals surface area (Å²) in [7, 11) is 1.30. The Bertz CT molecular complexity index is 784. The second kappa shape index (κ2) is 6.17. The van der Waals surface area contributed by atoms with Gasteiger partial charge in [-0.15, -0.1) is 0 Å². The fourth-order valence-corrected chi connectivity index (χ4v) is 2.02. The lowest BCUT2D eigenvalue weighted by Crippen LogP contribution is -2.11. The van der Waals surface area contributed by atoms with Gasteiger partial charge in [-0.3, -0.25) is 5.32 Å². The van der Waals surface area contributed by atoms with Gasteiger partial charge in [-0.25, -0.2) is 9.78 Å². The number of amides is 1. The van der Waals surface area contributed by atoms with Gasteiger partial charge in [-0.2, -0.15) is 0 Å². The highest BCUT2D eigenvalue weighted by Crippen LogP contribution is 2.21. The van der Waals surface area contributed by atoms with Crippen LogP contribution in [0, 0.1) is 0 Å². The molecule has 0 unspecified atom stereocenters. The van der Waals surface area contributed by atoms with Gasteiger partial charge in [-0.05, 0) is 17.7 Å². The molecule has 2 aromatic carbocycles. The van der Waals surface area contributed by atoms with Gasteiger partial charge in [0.05, 0.1) is 18.1 Å². The number of hydrogen-bond donors (Lipinski definition) is 2. The van der Waals surface area contributed by atoms with E-state index in [1.807, 2.05) is 48.5 Å². The average Bonchev–Trinajstić information content (AvgIpc) is 2.95. The number of methoxy groups -OCH3 is 1. The number of carbonyl (C=O) groups is 1. The largest absolute Gasteiger partial charge is 0.489 e. The number of anilines is 1. The van der Waals surface area contributed by atoms with E-state index >= 15 is 0 Å². The van der Waals surface area contributed by atoms with Crippen molar-refractivity contribution < 1.29 is 14.3 Å². The second-order valence-corrected chi connectivity index (χ2v) is 4.66. The summed E-state index contributed by atoms with van der Waals surface area (Å²) >= 11 is 0. The second-order valence-electron chi connectivity index (χ2n) is 4.66. The molecule has 0 spiro atoms. The highest BCUT2D eigenvalue weighted by molar-refractivity contribution is 5.86. The third-order valence-electron chi connectivity index (χ3n) is 3.11. The van der Waals surface area contributed by atoms with E-state index in [9.17, 15) is 4.79 Å². The Morgan fingerprint density at radius 2 is 2.05 bits per heavy atom. The highest BCUT2D eigenvalue weighted by atomic mass is 16.5. The van der Waals surface area contributed by atoms with Gasteiger partial charge >= 0.3 is 6.09 Å². The van der Waals surface area contributed by atoms with Crippen molar-refractivity contribution in [3.63, 3.8) is 0 Å². The Morgan fingerprint density at radius 1 is 1.23 bits per heavy atom. The zero-order valence-corrected chi connectivity index (χ0v) is 12.0. The molecule has 112 valence electrons. The van der Waals surface area contributed by atoms with Crippen LogP contribution >= 0.6 is 0 Å². The minimum absolute atomic E-state index is 0.335. The van der Waals surface area contributed by atoms with E-state index in [0.29, 0.717) is 23.8 Å². The topological polar surface area (TPSA) is 76.2 Å². The van der Waals surface area contributed by atoms with Gasteiger partial charge in [0.1, 0.15) is 12.4 Å². The van der Waals surface area contributed by atoms with Gasteiger partial charge in [0.2, 0.25) is 5.95 Å². The molecular weight excluding hydrogens is 282 g/mol. The van der Waals surface area contributed by atoms with Crippen molar-refractivity contribution in [1.82, 2.24) is 9.97 Å². The van der Waals surface area contributed by atoms with Crippen LogP contribution in [-0.2, 0) is 11.3 Å². The number of fused-ring (bicyclic) bond motifs is 1. The summed E-state index contributed by atoms with van der Waals surface area (Å²) in [6.07, 6.45) is -0.570. The van der Waals surface area contributed by atoms with E-state index in [2.05, 4.69) is 20.0 Å². The number of rotatable bonds is 4. The molecule has 1 heterocycles. The summed E-state index contributed by atoms with van der Waals surface area (Å²) < 4.78 is 10.3. The number of imidazole rings is 1. The van der Waals surface area contributed by atoms with Gasteiger partial charge in [-0.1, -0.05) is 30.3 Å². The summed E-state index contributed by atoms with van der Waals surface area (Å²) in [5.74, 6) is 1.05. The molecule has 3 rings (SSSR count). The number of hydrogen-bond acceptors (Lipinski definition) is 4. The van der Waals surface area contributed by atoms with Crippen LogP contribution in [0.5, 0.6) is 5.75 Å². The van der Waals surface area contributed by atoms with E-state index in [-0.39, 0.29) is 0 Å². The number of aromatic nitrogens is 2. The quantitative estimate of drug-likeness (QED) is 0.774.